The predicted molar refractivity (Wildman–Crippen MR) is 79.9 cm³/mol. The van der Waals surface area contributed by atoms with E-state index in [2.05, 4.69) is 47.8 Å². The van der Waals surface area contributed by atoms with E-state index >= 15 is 0 Å². The van der Waals surface area contributed by atoms with Gasteiger partial charge >= 0.3 is 0 Å². The lowest BCUT2D eigenvalue weighted by atomic mass is 9.86. The predicted octanol–water partition coefficient (Wildman–Crippen LogP) is 6.24. The summed E-state index contributed by atoms with van der Waals surface area (Å²) < 4.78 is 0. The Morgan fingerprint density at radius 1 is 0.875 bits per heavy atom. The van der Waals surface area contributed by atoms with Gasteiger partial charge in [0, 0.05) is 0 Å². The average Bonchev–Trinajstić information content (AvgIpc) is 1.74. The van der Waals surface area contributed by atoms with Crippen molar-refractivity contribution in [3.05, 3.63) is 24.3 Å². The van der Waals surface area contributed by atoms with Gasteiger partial charge in [-0.15, -0.1) is 13.2 Å². The van der Waals surface area contributed by atoms with Gasteiger partial charge in [0.15, 0.2) is 0 Å². The minimum absolute atomic E-state index is 0.522. The van der Waals surface area contributed by atoms with Crippen molar-refractivity contribution in [1.82, 2.24) is 0 Å². The molecule has 0 nitrogen and oxygen atoms in total. The molecule has 0 amide bonds. The molecule has 0 saturated heterocycles. The lowest BCUT2D eigenvalue weighted by Gasteiger charge is -2.19. The molecule has 0 aliphatic rings. The second kappa shape index (κ2) is 11.0. The topological polar surface area (TPSA) is 0 Å². The summed E-state index contributed by atoms with van der Waals surface area (Å²) in [6.45, 7) is 26.4. The van der Waals surface area contributed by atoms with Gasteiger partial charge < -0.3 is 0 Å². The van der Waals surface area contributed by atoms with E-state index in [4.69, 9.17) is 0 Å². The van der Waals surface area contributed by atoms with Gasteiger partial charge in [0.25, 0.3) is 0 Å². The van der Waals surface area contributed by atoms with Crippen molar-refractivity contribution in [2.45, 2.75) is 68.7 Å². The Labute approximate surface area is 105 Å². The molecule has 0 spiro atoms. The molecule has 0 unspecified atom stereocenters. The first-order valence-electron chi connectivity index (χ1n) is 6.12. The van der Waals surface area contributed by atoms with E-state index in [1.165, 1.54) is 17.6 Å². The number of allylic oxidation sites excluding steroid dienone is 2. The molecule has 0 heterocycles. The van der Waals surface area contributed by atoms with Gasteiger partial charge in [-0.05, 0) is 45.4 Å². The Morgan fingerprint density at radius 3 is 1.06 bits per heavy atom. The largest absolute Gasteiger partial charge is 0.100 e. The minimum atomic E-state index is 0.522. The maximum atomic E-state index is 3.56. The molecular formula is C16H34. The maximum Gasteiger partial charge on any atom is -0.0380 e. The molecule has 0 aromatic rings. The van der Waals surface area contributed by atoms with Gasteiger partial charge in [-0.1, -0.05) is 45.8 Å². The van der Waals surface area contributed by atoms with Gasteiger partial charge in [0.1, 0.15) is 0 Å². The zero-order valence-electron chi connectivity index (χ0n) is 13.2. The second-order valence-corrected chi connectivity index (χ2v) is 6.57. The normalized spacial score (nSPS) is 9.62. The van der Waals surface area contributed by atoms with Crippen molar-refractivity contribution in [2.75, 3.05) is 0 Å². The maximum absolute atomic E-state index is 3.56. The molecule has 0 saturated carbocycles. The Bertz CT molecular complexity index is 157. The standard InChI is InChI=1S/C8H18.2C4H8/c1-7(2)6-8(3,4)5;2*1-4(2)3/h7H,6H2,1-5H3;2*1H2,2-3H3. The number of rotatable bonds is 1. The third-order valence-electron chi connectivity index (χ3n) is 1.02. The first-order chi connectivity index (χ1) is 6.88. The average molecular weight is 226 g/mol. The fraction of sp³-hybridized carbons (Fsp3) is 0.750. The van der Waals surface area contributed by atoms with Crippen LogP contribution in [0.25, 0.3) is 0 Å². The Hall–Kier alpha value is -0.520. The second-order valence-electron chi connectivity index (χ2n) is 6.57. The SMILES string of the molecule is C=C(C)C.C=C(C)C.CC(C)CC(C)(C)C. The molecule has 0 rings (SSSR count). The van der Waals surface area contributed by atoms with E-state index in [1.807, 2.05) is 27.7 Å². The molecule has 0 heteroatoms. The molecule has 0 radical (unpaired) electrons. The summed E-state index contributed by atoms with van der Waals surface area (Å²) in [6, 6.07) is 0. The van der Waals surface area contributed by atoms with Crippen LogP contribution in [0.3, 0.4) is 0 Å². The fourth-order valence-corrected chi connectivity index (χ4v) is 1.22. The van der Waals surface area contributed by atoms with Crippen LogP contribution in [-0.4, -0.2) is 0 Å². The summed E-state index contributed by atoms with van der Waals surface area (Å²) in [4.78, 5) is 0. The number of hydrogen-bond donors (Lipinski definition) is 0. The van der Waals surface area contributed by atoms with Crippen molar-refractivity contribution in [2.24, 2.45) is 11.3 Å². The smallest absolute Gasteiger partial charge is 0.0380 e. The minimum Gasteiger partial charge on any atom is -0.100 e. The first kappa shape index (κ1) is 20.8. The summed E-state index contributed by atoms with van der Waals surface area (Å²) in [6.07, 6.45) is 1.33. The third-order valence-corrected chi connectivity index (χ3v) is 1.02. The van der Waals surface area contributed by atoms with Crippen molar-refractivity contribution >= 4 is 0 Å². The Balaban J connectivity index is -0.000000179. The summed E-state index contributed by atoms with van der Waals surface area (Å²) in [5.74, 6) is 0.843. The van der Waals surface area contributed by atoms with Crippen LogP contribution in [0.1, 0.15) is 68.7 Å². The summed E-state index contributed by atoms with van der Waals surface area (Å²) >= 11 is 0. The summed E-state index contributed by atoms with van der Waals surface area (Å²) in [5, 5.41) is 0. The van der Waals surface area contributed by atoms with Crippen LogP contribution in [0.2, 0.25) is 0 Å². The van der Waals surface area contributed by atoms with Crippen molar-refractivity contribution < 1.29 is 0 Å². The van der Waals surface area contributed by atoms with E-state index in [-0.39, 0.29) is 0 Å². The lowest BCUT2D eigenvalue weighted by molar-refractivity contribution is 0.320. The molecule has 0 aromatic heterocycles. The van der Waals surface area contributed by atoms with E-state index in [0.29, 0.717) is 5.41 Å². The van der Waals surface area contributed by atoms with E-state index in [9.17, 15) is 0 Å². The van der Waals surface area contributed by atoms with Crippen molar-refractivity contribution in [3.8, 4) is 0 Å². The quantitative estimate of drug-likeness (QED) is 0.464. The lowest BCUT2D eigenvalue weighted by Crippen LogP contribution is -2.08. The Morgan fingerprint density at radius 2 is 1.06 bits per heavy atom. The molecule has 98 valence electrons. The summed E-state index contributed by atoms with van der Waals surface area (Å²) in [5.41, 5.74) is 2.86. The van der Waals surface area contributed by atoms with Gasteiger partial charge in [-0.2, -0.15) is 0 Å². The van der Waals surface area contributed by atoms with Crippen LogP contribution in [0.4, 0.5) is 0 Å². The van der Waals surface area contributed by atoms with E-state index in [1.54, 1.807) is 0 Å². The van der Waals surface area contributed by atoms with Crippen molar-refractivity contribution in [3.63, 3.8) is 0 Å². The highest BCUT2D eigenvalue weighted by Crippen LogP contribution is 2.23. The van der Waals surface area contributed by atoms with Gasteiger partial charge in [-0.25, -0.2) is 0 Å². The van der Waals surface area contributed by atoms with Crippen molar-refractivity contribution in [1.29, 1.82) is 0 Å². The zero-order chi connectivity index (χ0) is 13.9. The molecule has 0 aliphatic heterocycles. The molecule has 0 atom stereocenters. The molecule has 0 fully saturated rings. The van der Waals surface area contributed by atoms with Gasteiger partial charge in [-0.3, -0.25) is 0 Å². The van der Waals surface area contributed by atoms with E-state index in [0.717, 1.165) is 5.92 Å². The molecule has 16 heavy (non-hydrogen) atoms. The van der Waals surface area contributed by atoms with Crippen LogP contribution in [0.5, 0.6) is 0 Å². The third kappa shape index (κ3) is 105. The molecule has 0 bridgehead atoms. The zero-order valence-corrected chi connectivity index (χ0v) is 13.2. The molecule has 0 aromatic carbocycles. The monoisotopic (exact) mass is 226 g/mol. The van der Waals surface area contributed by atoms with Crippen LogP contribution in [0.15, 0.2) is 24.3 Å². The van der Waals surface area contributed by atoms with Crippen LogP contribution in [-0.2, 0) is 0 Å². The van der Waals surface area contributed by atoms with Crippen LogP contribution in [0, 0.1) is 11.3 Å². The van der Waals surface area contributed by atoms with Gasteiger partial charge in [0.05, 0.1) is 0 Å². The van der Waals surface area contributed by atoms with Gasteiger partial charge in [0.2, 0.25) is 0 Å². The highest BCUT2D eigenvalue weighted by molar-refractivity contribution is 4.79. The summed E-state index contributed by atoms with van der Waals surface area (Å²) in [7, 11) is 0. The highest BCUT2D eigenvalue weighted by Gasteiger charge is 2.11. The Kier molecular flexibility index (Phi) is 14.3. The van der Waals surface area contributed by atoms with Crippen LogP contribution >= 0.6 is 0 Å². The fourth-order valence-electron chi connectivity index (χ4n) is 1.22. The molecular weight excluding hydrogens is 192 g/mol. The van der Waals surface area contributed by atoms with E-state index < -0.39 is 0 Å². The molecule has 0 N–H and O–H groups in total. The number of hydrogen-bond acceptors (Lipinski definition) is 0. The first-order valence-corrected chi connectivity index (χ1v) is 6.12. The van der Waals surface area contributed by atoms with Crippen LogP contribution < -0.4 is 0 Å². The molecule has 0 aliphatic carbocycles. The highest BCUT2D eigenvalue weighted by atomic mass is 14.2.